The molecule has 0 bridgehead atoms. The van der Waals surface area contributed by atoms with Crippen LogP contribution in [0.4, 0.5) is 10.8 Å². The van der Waals surface area contributed by atoms with Gasteiger partial charge in [0.1, 0.15) is 5.75 Å². The smallest absolute Gasteiger partial charge is 0.269 e. The summed E-state index contributed by atoms with van der Waals surface area (Å²) in [5.41, 5.74) is 2.32. The maximum atomic E-state index is 12.4. The van der Waals surface area contributed by atoms with E-state index in [9.17, 15) is 14.9 Å². The normalized spacial score (nSPS) is 10.6. The van der Waals surface area contributed by atoms with Crippen LogP contribution in [0.5, 0.6) is 5.75 Å². The highest BCUT2D eigenvalue weighted by Crippen LogP contribution is 2.40. The summed E-state index contributed by atoms with van der Waals surface area (Å²) in [5.74, 6) is 0.493. The van der Waals surface area contributed by atoms with Crippen molar-refractivity contribution in [3.8, 4) is 27.4 Å². The number of nitrogens with zero attached hydrogens (tertiary/aromatic N) is 2. The average molecular weight is 438 g/mol. The molecule has 0 spiro atoms. The molecule has 0 aliphatic heterocycles. The second-order valence-electron chi connectivity index (χ2n) is 6.16. The standard InChI is InChI=1S/C21H15N3O4S2/c1-28-16-10-6-13(7-11-16)18-19(14-4-8-15(9-5-14)24(26)27)30-21(22-18)23-20(25)17-3-2-12-29-17/h2-12H,1H3,(H,22,23,25). The van der Waals surface area contributed by atoms with Crippen molar-refractivity contribution in [1.82, 2.24) is 4.98 Å². The molecule has 9 heteroatoms. The molecule has 0 saturated heterocycles. The second kappa shape index (κ2) is 8.44. The number of non-ortho nitro benzene ring substituents is 1. The number of rotatable bonds is 6. The number of carbonyl (C=O) groups excluding carboxylic acids is 1. The van der Waals surface area contributed by atoms with Gasteiger partial charge in [-0.1, -0.05) is 17.4 Å². The van der Waals surface area contributed by atoms with E-state index in [0.29, 0.717) is 15.7 Å². The lowest BCUT2D eigenvalue weighted by atomic mass is 10.1. The summed E-state index contributed by atoms with van der Waals surface area (Å²) in [7, 11) is 1.60. The van der Waals surface area contributed by atoms with Gasteiger partial charge in [-0.3, -0.25) is 20.2 Å². The molecule has 0 unspecified atom stereocenters. The molecule has 150 valence electrons. The van der Waals surface area contributed by atoms with Gasteiger partial charge in [0.05, 0.1) is 27.5 Å². The van der Waals surface area contributed by atoms with Crippen LogP contribution < -0.4 is 10.1 Å². The first-order valence-electron chi connectivity index (χ1n) is 8.80. The van der Waals surface area contributed by atoms with Crippen LogP contribution in [0, 0.1) is 10.1 Å². The Kier molecular flexibility index (Phi) is 5.55. The molecular formula is C21H15N3O4S2. The molecule has 1 amide bonds. The van der Waals surface area contributed by atoms with E-state index in [4.69, 9.17) is 4.74 Å². The van der Waals surface area contributed by atoms with Gasteiger partial charge in [0.25, 0.3) is 11.6 Å². The number of aromatic nitrogens is 1. The van der Waals surface area contributed by atoms with Gasteiger partial charge in [-0.2, -0.15) is 0 Å². The predicted molar refractivity (Wildman–Crippen MR) is 118 cm³/mol. The van der Waals surface area contributed by atoms with Crippen LogP contribution in [0.3, 0.4) is 0 Å². The van der Waals surface area contributed by atoms with Crippen LogP contribution in [-0.4, -0.2) is 22.9 Å². The Morgan fingerprint density at radius 1 is 1.07 bits per heavy atom. The van der Waals surface area contributed by atoms with Crippen molar-refractivity contribution < 1.29 is 14.5 Å². The highest BCUT2D eigenvalue weighted by Gasteiger charge is 2.18. The molecule has 1 N–H and O–H groups in total. The van der Waals surface area contributed by atoms with Gasteiger partial charge >= 0.3 is 0 Å². The molecule has 2 heterocycles. The monoisotopic (exact) mass is 437 g/mol. The molecule has 0 radical (unpaired) electrons. The maximum Gasteiger partial charge on any atom is 0.269 e. The molecule has 4 aromatic rings. The zero-order chi connectivity index (χ0) is 21.1. The van der Waals surface area contributed by atoms with Crippen molar-refractivity contribution in [2.24, 2.45) is 0 Å². The zero-order valence-corrected chi connectivity index (χ0v) is 17.3. The van der Waals surface area contributed by atoms with Gasteiger partial charge in [0, 0.05) is 17.7 Å². The third-order valence-electron chi connectivity index (χ3n) is 4.30. The summed E-state index contributed by atoms with van der Waals surface area (Å²) in [6, 6.07) is 17.3. The van der Waals surface area contributed by atoms with Crippen LogP contribution in [0.15, 0.2) is 66.0 Å². The van der Waals surface area contributed by atoms with E-state index in [0.717, 1.165) is 21.8 Å². The number of carbonyl (C=O) groups is 1. The van der Waals surface area contributed by atoms with Crippen LogP contribution in [0.1, 0.15) is 9.67 Å². The molecule has 0 aliphatic carbocycles. The van der Waals surface area contributed by atoms with Gasteiger partial charge in [-0.25, -0.2) is 4.98 Å². The number of thiazole rings is 1. The number of hydrogen-bond acceptors (Lipinski definition) is 7. The molecule has 7 nitrogen and oxygen atoms in total. The van der Waals surface area contributed by atoms with Gasteiger partial charge in [0.15, 0.2) is 5.13 Å². The minimum absolute atomic E-state index is 0.0143. The Hall–Kier alpha value is -3.56. The quantitative estimate of drug-likeness (QED) is 0.308. The number of ether oxygens (including phenoxy) is 1. The maximum absolute atomic E-state index is 12.4. The Bertz CT molecular complexity index is 1180. The first kappa shape index (κ1) is 19.7. The molecule has 4 rings (SSSR count). The first-order chi connectivity index (χ1) is 14.5. The number of amides is 1. The van der Waals surface area contributed by atoms with Crippen molar-refractivity contribution in [2.45, 2.75) is 0 Å². The van der Waals surface area contributed by atoms with Crippen LogP contribution in [0.2, 0.25) is 0 Å². The third-order valence-corrected chi connectivity index (χ3v) is 6.18. The largest absolute Gasteiger partial charge is 0.497 e. The minimum Gasteiger partial charge on any atom is -0.497 e. The highest BCUT2D eigenvalue weighted by atomic mass is 32.1. The highest BCUT2D eigenvalue weighted by molar-refractivity contribution is 7.19. The molecule has 0 saturated carbocycles. The third kappa shape index (κ3) is 4.07. The Labute approximate surface area is 179 Å². The van der Waals surface area contributed by atoms with Gasteiger partial charge < -0.3 is 4.74 Å². The molecule has 2 aromatic heterocycles. The number of anilines is 1. The zero-order valence-electron chi connectivity index (χ0n) is 15.7. The Morgan fingerprint density at radius 2 is 1.77 bits per heavy atom. The predicted octanol–water partition coefficient (Wildman–Crippen LogP) is 5.71. The van der Waals surface area contributed by atoms with Crippen LogP contribution in [0.25, 0.3) is 21.7 Å². The van der Waals surface area contributed by atoms with Crippen molar-refractivity contribution in [1.29, 1.82) is 0 Å². The van der Waals surface area contributed by atoms with Crippen molar-refractivity contribution >= 4 is 39.4 Å². The van der Waals surface area contributed by atoms with E-state index in [1.165, 1.54) is 34.8 Å². The van der Waals surface area contributed by atoms with E-state index in [1.807, 2.05) is 35.7 Å². The van der Waals surface area contributed by atoms with E-state index < -0.39 is 4.92 Å². The Morgan fingerprint density at radius 3 is 2.37 bits per heavy atom. The fourth-order valence-corrected chi connectivity index (χ4v) is 4.42. The summed E-state index contributed by atoms with van der Waals surface area (Å²) in [5, 5.41) is 16.1. The summed E-state index contributed by atoms with van der Waals surface area (Å²) in [6.45, 7) is 0. The second-order valence-corrected chi connectivity index (χ2v) is 8.11. The fourth-order valence-electron chi connectivity index (χ4n) is 2.81. The summed E-state index contributed by atoms with van der Waals surface area (Å²) in [6.07, 6.45) is 0. The number of nitro groups is 1. The number of nitrogens with one attached hydrogen (secondary N) is 1. The lowest BCUT2D eigenvalue weighted by Crippen LogP contribution is -2.09. The first-order valence-corrected chi connectivity index (χ1v) is 10.5. The molecule has 0 aliphatic rings. The molecule has 2 aromatic carbocycles. The number of hydrogen-bond donors (Lipinski definition) is 1. The summed E-state index contributed by atoms with van der Waals surface area (Å²) >= 11 is 2.67. The average Bonchev–Trinajstić information content (AvgIpc) is 3.44. The molecule has 30 heavy (non-hydrogen) atoms. The van der Waals surface area contributed by atoms with E-state index in [-0.39, 0.29) is 11.6 Å². The molecular weight excluding hydrogens is 422 g/mol. The SMILES string of the molecule is COc1ccc(-c2nc(NC(=O)c3cccs3)sc2-c2ccc([N+](=O)[O-])cc2)cc1. The lowest BCUT2D eigenvalue weighted by molar-refractivity contribution is -0.384. The number of thiophene rings is 1. The van der Waals surface area contributed by atoms with Crippen molar-refractivity contribution in [3.63, 3.8) is 0 Å². The Balaban J connectivity index is 1.74. The number of nitro benzene ring substituents is 1. The van der Waals surface area contributed by atoms with Gasteiger partial charge in [-0.05, 0) is 53.4 Å². The topological polar surface area (TPSA) is 94.4 Å². The molecule has 0 fully saturated rings. The number of benzene rings is 2. The van der Waals surface area contributed by atoms with Crippen molar-refractivity contribution in [3.05, 3.63) is 81.0 Å². The van der Waals surface area contributed by atoms with E-state index in [2.05, 4.69) is 10.3 Å². The van der Waals surface area contributed by atoms with Gasteiger partial charge in [-0.15, -0.1) is 11.3 Å². The lowest BCUT2D eigenvalue weighted by Gasteiger charge is -2.04. The summed E-state index contributed by atoms with van der Waals surface area (Å²) < 4.78 is 5.22. The van der Waals surface area contributed by atoms with Crippen LogP contribution >= 0.6 is 22.7 Å². The molecule has 0 atom stereocenters. The van der Waals surface area contributed by atoms with E-state index in [1.54, 1.807) is 25.3 Å². The number of methoxy groups -OCH3 is 1. The van der Waals surface area contributed by atoms with Gasteiger partial charge in [0.2, 0.25) is 0 Å². The van der Waals surface area contributed by atoms with Crippen molar-refractivity contribution in [2.75, 3.05) is 12.4 Å². The fraction of sp³-hybridized carbons (Fsp3) is 0.0476. The summed E-state index contributed by atoms with van der Waals surface area (Å²) in [4.78, 5) is 29.0. The van der Waals surface area contributed by atoms with E-state index >= 15 is 0 Å². The van der Waals surface area contributed by atoms with Crippen LogP contribution in [-0.2, 0) is 0 Å². The minimum atomic E-state index is -0.437.